The average molecular weight is 551 g/mol. The van der Waals surface area contributed by atoms with Crippen molar-refractivity contribution in [2.75, 3.05) is 26.2 Å². The second-order valence-corrected chi connectivity index (χ2v) is 17.8. The number of nitrogens with one attached hydrogen (secondary N) is 1. The zero-order chi connectivity index (χ0) is 8.24. The first-order valence-corrected chi connectivity index (χ1v) is 15.4. The SMILES string of the molecule is [I][Pt+2][I].[NH-]CC[N-]CCO. The van der Waals surface area contributed by atoms with Crippen LogP contribution in [0.4, 0.5) is 0 Å². The van der Waals surface area contributed by atoms with Gasteiger partial charge < -0.3 is 16.2 Å². The number of halogens is 2. The van der Waals surface area contributed by atoms with Crippen LogP contribution in [0.25, 0.3) is 11.1 Å². The summed E-state index contributed by atoms with van der Waals surface area (Å²) in [4.78, 5) is 0. The van der Waals surface area contributed by atoms with Gasteiger partial charge in [-0.1, -0.05) is 0 Å². The molecule has 0 bridgehead atoms. The van der Waals surface area contributed by atoms with Crippen LogP contribution in [0.5, 0.6) is 0 Å². The van der Waals surface area contributed by atoms with E-state index in [1.54, 1.807) is 0 Å². The number of aliphatic hydroxyl groups is 1. The van der Waals surface area contributed by atoms with Crippen LogP contribution in [-0.4, -0.2) is 31.3 Å². The fraction of sp³-hybridized carbons (Fsp3) is 1.00. The summed E-state index contributed by atoms with van der Waals surface area (Å²) >= 11 is 5.30. The van der Waals surface area contributed by atoms with Gasteiger partial charge in [0, 0.05) is 6.61 Å². The first-order valence-electron chi connectivity index (χ1n) is 2.54. The van der Waals surface area contributed by atoms with Crippen LogP contribution in [0.2, 0.25) is 0 Å². The molecule has 66 valence electrons. The van der Waals surface area contributed by atoms with Gasteiger partial charge in [-0.15, -0.1) is 6.54 Å². The zero-order valence-corrected chi connectivity index (χ0v) is 11.9. The molecule has 0 heterocycles. The van der Waals surface area contributed by atoms with E-state index in [0.717, 1.165) is 0 Å². The largest absolute Gasteiger partial charge is 0.679 e. The van der Waals surface area contributed by atoms with Gasteiger partial charge in [0.15, 0.2) is 0 Å². The summed E-state index contributed by atoms with van der Waals surface area (Å²) in [5.74, 6) is 0. The monoisotopic (exact) mass is 551 g/mol. The van der Waals surface area contributed by atoms with Crippen LogP contribution < -0.4 is 0 Å². The first-order chi connectivity index (χ1) is 4.83. The van der Waals surface area contributed by atoms with Crippen molar-refractivity contribution in [2.24, 2.45) is 0 Å². The maximum atomic E-state index is 8.14. The summed E-state index contributed by atoms with van der Waals surface area (Å²) in [6.07, 6.45) is 0. The van der Waals surface area contributed by atoms with E-state index in [0.29, 0.717) is 30.8 Å². The van der Waals surface area contributed by atoms with Gasteiger partial charge in [0.05, 0.1) is 0 Å². The molecular formula is C4H10I2N2OPt. The Morgan fingerprint density at radius 1 is 1.40 bits per heavy atom. The summed E-state index contributed by atoms with van der Waals surface area (Å²) in [7, 11) is 0. The summed E-state index contributed by atoms with van der Waals surface area (Å²) in [6, 6.07) is 0. The van der Waals surface area contributed by atoms with Gasteiger partial charge in [0.1, 0.15) is 0 Å². The van der Waals surface area contributed by atoms with E-state index in [9.17, 15) is 0 Å². The van der Waals surface area contributed by atoms with Crippen molar-refractivity contribution in [2.45, 2.75) is 0 Å². The fourth-order valence-electron chi connectivity index (χ4n) is 0.262. The van der Waals surface area contributed by atoms with Crippen LogP contribution in [0.3, 0.4) is 0 Å². The molecule has 0 unspecified atom stereocenters. The van der Waals surface area contributed by atoms with Crippen LogP contribution >= 0.6 is 38.7 Å². The summed E-state index contributed by atoms with van der Waals surface area (Å²) in [5, 5.41) is 11.9. The predicted molar refractivity (Wildman–Crippen MR) is 57.4 cm³/mol. The molecule has 0 fully saturated rings. The van der Waals surface area contributed by atoms with E-state index in [-0.39, 0.29) is 6.61 Å². The first kappa shape index (κ1) is 14.5. The van der Waals surface area contributed by atoms with Gasteiger partial charge in [-0.05, 0) is 0 Å². The number of hydrogen-bond donors (Lipinski definition) is 1. The number of nitrogens with zero attached hydrogens (tertiary/aromatic N) is 1. The Morgan fingerprint density at radius 2 is 1.90 bits per heavy atom. The van der Waals surface area contributed by atoms with Gasteiger partial charge in [-0.2, -0.15) is 13.1 Å². The van der Waals surface area contributed by atoms with E-state index in [1.165, 1.54) is 0 Å². The Morgan fingerprint density at radius 3 is 2.20 bits per heavy atom. The van der Waals surface area contributed by atoms with Crippen LogP contribution in [0, 0.1) is 0 Å². The van der Waals surface area contributed by atoms with Crippen molar-refractivity contribution in [3.05, 3.63) is 11.1 Å². The van der Waals surface area contributed by atoms with Gasteiger partial charge in [-0.3, -0.25) is 0 Å². The number of rotatable bonds is 4. The molecule has 0 spiro atoms. The predicted octanol–water partition coefficient (Wildman–Crippen LogP) is 2.17. The molecule has 0 amide bonds. The van der Waals surface area contributed by atoms with Crippen LogP contribution in [0.1, 0.15) is 0 Å². The second-order valence-electron chi connectivity index (χ2n) is 1.19. The van der Waals surface area contributed by atoms with Crippen molar-refractivity contribution < 1.29 is 16.3 Å². The normalized spacial score (nSPS) is 8.80. The Labute approximate surface area is 91.1 Å². The number of aliphatic hydroxyl groups excluding tert-OH is 1. The molecule has 0 aliphatic carbocycles. The van der Waals surface area contributed by atoms with Gasteiger partial charge in [0.2, 0.25) is 0 Å². The molecule has 0 atom stereocenters. The molecule has 0 rings (SSSR count). The van der Waals surface area contributed by atoms with E-state index < -0.39 is 0 Å². The van der Waals surface area contributed by atoms with Crippen molar-refractivity contribution >= 4 is 38.7 Å². The molecule has 0 aliphatic rings. The number of hydrogen-bond acceptors (Lipinski definition) is 1. The third kappa shape index (κ3) is 22.5. The molecule has 0 saturated carbocycles. The molecule has 0 aromatic rings. The smallest absolute Gasteiger partial charge is 0.0243 e. The topological polar surface area (TPSA) is 58.1 Å². The van der Waals surface area contributed by atoms with Crippen LogP contribution in [0.15, 0.2) is 0 Å². The second kappa shape index (κ2) is 17.2. The van der Waals surface area contributed by atoms with Crippen molar-refractivity contribution in [3.8, 4) is 0 Å². The maximum absolute atomic E-state index is 8.14. The quantitative estimate of drug-likeness (QED) is 0.423. The molecule has 10 heavy (non-hydrogen) atoms. The molecule has 0 aliphatic heterocycles. The average Bonchev–Trinajstić information content (AvgIpc) is 1.91. The van der Waals surface area contributed by atoms with Crippen molar-refractivity contribution in [1.29, 1.82) is 0 Å². The van der Waals surface area contributed by atoms with Gasteiger partial charge in [-0.25, -0.2) is 0 Å². The van der Waals surface area contributed by atoms with E-state index in [2.05, 4.69) is 44.0 Å². The zero-order valence-electron chi connectivity index (χ0n) is 5.30. The summed E-state index contributed by atoms with van der Waals surface area (Å²) < 4.78 is 0. The Kier molecular flexibility index (Phi) is 25.0. The molecular weight excluding hydrogens is 541 g/mol. The minimum absolute atomic E-state index is 0.111. The van der Waals surface area contributed by atoms with Crippen LogP contribution in [-0.2, 0) is 11.2 Å². The summed E-state index contributed by atoms with van der Waals surface area (Å²) in [6.45, 7) is 1.49. The van der Waals surface area contributed by atoms with E-state index in [4.69, 9.17) is 10.8 Å². The Balaban J connectivity index is 0. The molecule has 0 saturated heterocycles. The molecule has 6 heteroatoms. The summed E-state index contributed by atoms with van der Waals surface area (Å²) in [5.41, 5.74) is 6.61. The Hall–Kier alpha value is 2.03. The van der Waals surface area contributed by atoms with Gasteiger partial charge >= 0.3 is 49.9 Å². The molecule has 3 nitrogen and oxygen atoms in total. The fourth-order valence-corrected chi connectivity index (χ4v) is 0.262. The van der Waals surface area contributed by atoms with E-state index >= 15 is 0 Å². The standard InChI is InChI=1S/C4H10N2O.2HI.Pt/c5-1-2-6-3-4-7;;;/h5,7H,1-4H2;2*1H;/q-2;;;+4/p-2. The minimum Gasteiger partial charge on any atom is -0.679 e. The van der Waals surface area contributed by atoms with Crippen molar-refractivity contribution in [1.82, 2.24) is 0 Å². The minimum atomic E-state index is 0.111. The molecule has 0 radical (unpaired) electrons. The van der Waals surface area contributed by atoms with Crippen molar-refractivity contribution in [3.63, 3.8) is 0 Å². The third-order valence-corrected chi connectivity index (χ3v) is 0.528. The van der Waals surface area contributed by atoms with E-state index in [1.807, 2.05) is 0 Å². The molecule has 2 N–H and O–H groups in total. The molecule has 0 aromatic heterocycles. The third-order valence-electron chi connectivity index (χ3n) is 0.528. The maximum Gasteiger partial charge on any atom is 0.0243 e. The van der Waals surface area contributed by atoms with Gasteiger partial charge in [0.25, 0.3) is 0 Å². The Bertz CT molecular complexity index is 48.2. The molecule has 0 aromatic carbocycles.